The van der Waals surface area contributed by atoms with Crippen LogP contribution in [0.4, 0.5) is 17.1 Å². The highest BCUT2D eigenvalue weighted by molar-refractivity contribution is 7.86. The lowest BCUT2D eigenvalue weighted by Gasteiger charge is -2.15. The van der Waals surface area contributed by atoms with Gasteiger partial charge in [0.1, 0.15) is 22.0 Å². The summed E-state index contributed by atoms with van der Waals surface area (Å²) in [5.74, 6) is -0.798. The highest BCUT2D eigenvalue weighted by Gasteiger charge is 2.26. The topological polar surface area (TPSA) is 192 Å². The van der Waals surface area contributed by atoms with Crippen LogP contribution >= 0.6 is 0 Å². The second-order valence-corrected chi connectivity index (χ2v) is 12.3. The van der Waals surface area contributed by atoms with Crippen LogP contribution in [0.25, 0.3) is 10.8 Å². The summed E-state index contributed by atoms with van der Waals surface area (Å²) in [5.41, 5.74) is 0.131. The molecule has 5 aromatic carbocycles. The van der Waals surface area contributed by atoms with E-state index >= 15 is 0 Å². The standard InChI is InChI=1S/C30H23N3O9S2/c1-18-9-5-7-13-24(18)42-25-14-8-6-12-22(25)32-33-28-26(44(39,40)41)16-20-15-21(43(36,37)38)17-23(27(20)29(28)34)31-30(35)19-10-3-2-4-11-19/h2-17,34H,1H3,(H,31,35)(H,36,37,38)(H,39,40,41)/b33-32+. The van der Waals surface area contributed by atoms with Gasteiger partial charge in [-0.3, -0.25) is 13.9 Å². The van der Waals surface area contributed by atoms with Crippen molar-refractivity contribution in [2.45, 2.75) is 16.7 Å². The average Bonchev–Trinajstić information content (AvgIpc) is 2.97. The van der Waals surface area contributed by atoms with Gasteiger partial charge in [0, 0.05) is 10.9 Å². The number of azo groups is 1. The molecule has 0 aliphatic rings. The summed E-state index contributed by atoms with van der Waals surface area (Å²) in [7, 11) is -9.96. The molecule has 5 rings (SSSR count). The Morgan fingerprint density at radius 2 is 1.41 bits per heavy atom. The molecule has 0 radical (unpaired) electrons. The van der Waals surface area contributed by atoms with Crippen molar-refractivity contribution in [2.24, 2.45) is 10.2 Å². The molecule has 0 unspecified atom stereocenters. The molecule has 14 heteroatoms. The van der Waals surface area contributed by atoms with Crippen LogP contribution in [0, 0.1) is 6.92 Å². The van der Waals surface area contributed by atoms with Gasteiger partial charge in [-0.15, -0.1) is 10.2 Å². The first-order valence-electron chi connectivity index (χ1n) is 12.7. The van der Waals surface area contributed by atoms with Gasteiger partial charge in [0.05, 0.1) is 10.6 Å². The Hall–Kier alpha value is -5.15. The Morgan fingerprint density at radius 3 is 2.07 bits per heavy atom. The minimum absolute atomic E-state index is 0.135. The molecule has 4 N–H and O–H groups in total. The largest absolute Gasteiger partial charge is 0.505 e. The molecule has 224 valence electrons. The summed E-state index contributed by atoms with van der Waals surface area (Å²) in [6.07, 6.45) is 0. The molecule has 0 heterocycles. The molecule has 44 heavy (non-hydrogen) atoms. The number of rotatable bonds is 8. The third kappa shape index (κ3) is 6.43. The summed E-state index contributed by atoms with van der Waals surface area (Å²) >= 11 is 0. The maximum atomic E-state index is 13.0. The number of carbonyl (C=O) groups excluding carboxylic acids is 1. The van der Waals surface area contributed by atoms with Gasteiger partial charge in [-0.1, -0.05) is 48.5 Å². The number of carbonyl (C=O) groups is 1. The highest BCUT2D eigenvalue weighted by Crippen LogP contribution is 2.46. The minimum Gasteiger partial charge on any atom is -0.505 e. The van der Waals surface area contributed by atoms with Crippen molar-refractivity contribution in [1.82, 2.24) is 0 Å². The van der Waals surface area contributed by atoms with E-state index in [0.717, 1.165) is 23.8 Å². The first-order chi connectivity index (χ1) is 20.8. The van der Waals surface area contributed by atoms with Crippen molar-refractivity contribution in [3.05, 3.63) is 108 Å². The van der Waals surface area contributed by atoms with E-state index in [2.05, 4.69) is 15.5 Å². The zero-order valence-electron chi connectivity index (χ0n) is 22.7. The molecular weight excluding hydrogens is 610 g/mol. The fourth-order valence-electron chi connectivity index (χ4n) is 4.30. The molecule has 0 fully saturated rings. The number of hydrogen-bond acceptors (Lipinski definition) is 9. The van der Waals surface area contributed by atoms with Gasteiger partial charge in [0.15, 0.2) is 11.5 Å². The summed E-state index contributed by atoms with van der Waals surface area (Å²) < 4.78 is 74.6. The Morgan fingerprint density at radius 1 is 0.773 bits per heavy atom. The van der Waals surface area contributed by atoms with Gasteiger partial charge in [-0.05, 0) is 66.4 Å². The zero-order chi connectivity index (χ0) is 31.6. The van der Waals surface area contributed by atoms with Crippen LogP contribution in [-0.2, 0) is 20.2 Å². The number of amides is 1. The average molecular weight is 634 g/mol. The Balaban J connectivity index is 1.70. The van der Waals surface area contributed by atoms with Crippen LogP contribution in [0.1, 0.15) is 15.9 Å². The van der Waals surface area contributed by atoms with Gasteiger partial charge in [-0.25, -0.2) is 0 Å². The maximum Gasteiger partial charge on any atom is 0.296 e. The zero-order valence-corrected chi connectivity index (χ0v) is 24.4. The summed E-state index contributed by atoms with van der Waals surface area (Å²) in [6, 6.07) is 24.0. The van der Waals surface area contributed by atoms with Crippen molar-refractivity contribution in [3.63, 3.8) is 0 Å². The van der Waals surface area contributed by atoms with Crippen molar-refractivity contribution in [3.8, 4) is 17.2 Å². The number of nitrogens with zero attached hydrogens (tertiary/aromatic N) is 2. The van der Waals surface area contributed by atoms with Gasteiger partial charge >= 0.3 is 0 Å². The van der Waals surface area contributed by atoms with E-state index < -0.39 is 47.4 Å². The van der Waals surface area contributed by atoms with Crippen molar-refractivity contribution < 1.29 is 40.6 Å². The van der Waals surface area contributed by atoms with Crippen LogP contribution < -0.4 is 10.1 Å². The number of para-hydroxylation sites is 2. The number of phenolic OH excluding ortho intramolecular Hbond substituents is 1. The molecule has 0 aromatic heterocycles. The van der Waals surface area contributed by atoms with Gasteiger partial charge in [0.2, 0.25) is 0 Å². The molecule has 0 bridgehead atoms. The van der Waals surface area contributed by atoms with Gasteiger partial charge in [0.25, 0.3) is 26.1 Å². The summed E-state index contributed by atoms with van der Waals surface area (Å²) in [4.78, 5) is 11.3. The Bertz CT molecular complexity index is 2170. The Labute approximate surface area is 251 Å². The molecule has 5 aromatic rings. The van der Waals surface area contributed by atoms with Crippen LogP contribution in [0.5, 0.6) is 17.2 Å². The first-order valence-corrected chi connectivity index (χ1v) is 15.6. The number of phenols is 1. The lowest BCUT2D eigenvalue weighted by atomic mass is 10.1. The van der Waals surface area contributed by atoms with Crippen molar-refractivity contribution >= 4 is 54.0 Å². The van der Waals surface area contributed by atoms with E-state index in [4.69, 9.17) is 4.74 Å². The van der Waals surface area contributed by atoms with E-state index in [9.17, 15) is 35.8 Å². The lowest BCUT2D eigenvalue weighted by Crippen LogP contribution is -2.13. The minimum atomic E-state index is -5.09. The van der Waals surface area contributed by atoms with Crippen molar-refractivity contribution in [2.75, 3.05) is 5.32 Å². The second-order valence-electron chi connectivity index (χ2n) is 9.45. The second kappa shape index (κ2) is 11.9. The predicted octanol–water partition coefficient (Wildman–Crippen LogP) is 6.81. The van der Waals surface area contributed by atoms with Crippen LogP contribution in [0.3, 0.4) is 0 Å². The van der Waals surface area contributed by atoms with E-state index in [-0.39, 0.29) is 33.5 Å². The van der Waals surface area contributed by atoms with E-state index in [1.165, 1.54) is 18.2 Å². The quantitative estimate of drug-likeness (QED) is 0.105. The van der Waals surface area contributed by atoms with Gasteiger partial charge in [-0.2, -0.15) is 16.8 Å². The number of aryl methyl sites for hydroxylation is 1. The molecule has 0 saturated carbocycles. The third-order valence-corrected chi connectivity index (χ3v) is 8.12. The van der Waals surface area contributed by atoms with Crippen LogP contribution in [0.15, 0.2) is 117 Å². The summed E-state index contributed by atoms with van der Waals surface area (Å²) in [5, 5.41) is 21.3. The predicted molar refractivity (Wildman–Crippen MR) is 162 cm³/mol. The number of benzene rings is 5. The van der Waals surface area contributed by atoms with E-state index in [0.29, 0.717) is 5.75 Å². The molecule has 12 nitrogen and oxygen atoms in total. The highest BCUT2D eigenvalue weighted by atomic mass is 32.2. The molecular formula is C30H23N3O9S2. The SMILES string of the molecule is Cc1ccccc1Oc1ccccc1/N=N/c1c(S(=O)(=O)O)cc2cc(S(=O)(=O)O)cc(NC(=O)c3ccccc3)c2c1O. The number of fused-ring (bicyclic) bond motifs is 1. The fourth-order valence-corrected chi connectivity index (χ4v) is 5.50. The number of hydrogen-bond donors (Lipinski definition) is 4. The molecule has 0 aliphatic carbocycles. The molecule has 0 saturated heterocycles. The normalized spacial score (nSPS) is 12.0. The van der Waals surface area contributed by atoms with Gasteiger partial charge < -0.3 is 15.2 Å². The summed E-state index contributed by atoms with van der Waals surface area (Å²) in [6.45, 7) is 1.84. The molecule has 1 amide bonds. The van der Waals surface area contributed by atoms with Crippen molar-refractivity contribution in [1.29, 1.82) is 0 Å². The number of aromatic hydroxyl groups is 1. The van der Waals surface area contributed by atoms with E-state index in [1.807, 2.05) is 19.1 Å². The molecule has 0 atom stereocenters. The lowest BCUT2D eigenvalue weighted by molar-refractivity contribution is 0.102. The smallest absolute Gasteiger partial charge is 0.296 e. The number of ether oxygens (including phenoxy) is 1. The molecule has 0 aliphatic heterocycles. The molecule has 0 spiro atoms. The maximum absolute atomic E-state index is 13.0. The number of nitrogens with one attached hydrogen (secondary N) is 1. The van der Waals surface area contributed by atoms with Crippen LogP contribution in [-0.4, -0.2) is 37.0 Å². The van der Waals surface area contributed by atoms with Crippen LogP contribution in [0.2, 0.25) is 0 Å². The Kier molecular flexibility index (Phi) is 8.17. The first kappa shape index (κ1) is 30.3. The monoisotopic (exact) mass is 633 g/mol. The number of anilines is 1. The third-order valence-electron chi connectivity index (χ3n) is 6.42. The fraction of sp³-hybridized carbons (Fsp3) is 0.0333. The van der Waals surface area contributed by atoms with E-state index in [1.54, 1.807) is 48.5 Å².